The van der Waals surface area contributed by atoms with Crippen LogP contribution in [0.15, 0.2) is 71.6 Å². The lowest BCUT2D eigenvalue weighted by molar-refractivity contribution is 0.0692. The molecule has 0 heterocycles. The van der Waals surface area contributed by atoms with Crippen molar-refractivity contribution in [3.63, 3.8) is 0 Å². The topological polar surface area (TPSA) is 124 Å². The number of aromatic carboxylic acids is 1. The van der Waals surface area contributed by atoms with Crippen LogP contribution in [0.3, 0.4) is 0 Å². The number of primary sulfonamides is 1. The zero-order valence-electron chi connectivity index (χ0n) is 16.0. The zero-order valence-corrected chi connectivity index (χ0v) is 16.8. The van der Waals surface area contributed by atoms with E-state index in [0.29, 0.717) is 5.56 Å². The Morgan fingerprint density at radius 1 is 0.967 bits per heavy atom. The molecule has 0 aromatic heterocycles. The Labute approximate surface area is 173 Å². The average Bonchev–Trinajstić information content (AvgIpc) is 2.71. The molecule has 0 aliphatic heterocycles. The van der Waals surface area contributed by atoms with Gasteiger partial charge in [0, 0.05) is 16.7 Å². The molecule has 0 unspecified atom stereocenters. The summed E-state index contributed by atoms with van der Waals surface area (Å²) in [5.41, 5.74) is 1.04. The van der Waals surface area contributed by atoms with Crippen molar-refractivity contribution in [1.29, 1.82) is 0 Å². The monoisotopic (exact) mass is 425 g/mol. The summed E-state index contributed by atoms with van der Waals surface area (Å²) in [4.78, 5) is 23.0. The van der Waals surface area contributed by atoms with E-state index < -0.39 is 26.5 Å². The summed E-state index contributed by atoms with van der Waals surface area (Å²) >= 11 is 0. The smallest absolute Gasteiger partial charge is 0.337 e. The Morgan fingerprint density at radius 2 is 1.67 bits per heavy atom. The highest BCUT2D eigenvalue weighted by atomic mass is 32.2. The van der Waals surface area contributed by atoms with Crippen LogP contribution >= 0.6 is 0 Å². The number of sulfonamides is 1. The van der Waals surface area contributed by atoms with Crippen molar-refractivity contribution in [3.8, 4) is 16.9 Å². The lowest BCUT2D eigenvalue weighted by Crippen LogP contribution is -2.18. The summed E-state index contributed by atoms with van der Waals surface area (Å²) in [5.74, 6) is -1.39. The predicted molar refractivity (Wildman–Crippen MR) is 111 cm³/mol. The van der Waals surface area contributed by atoms with Crippen molar-refractivity contribution in [3.05, 3.63) is 83.4 Å². The fourth-order valence-corrected chi connectivity index (χ4v) is 3.99. The molecule has 3 aromatic carbocycles. The number of carboxylic acids is 1. The molecule has 154 valence electrons. The first kappa shape index (κ1) is 21.2. The molecule has 0 amide bonds. The second-order valence-corrected chi connectivity index (χ2v) is 8.07. The highest BCUT2D eigenvalue weighted by molar-refractivity contribution is 7.89. The Balaban J connectivity index is 2.21. The third kappa shape index (κ3) is 4.56. The fraction of sp³-hybridized carbons (Fsp3) is 0.0909. The van der Waals surface area contributed by atoms with E-state index in [4.69, 9.17) is 9.88 Å². The number of carbonyl (C=O) groups is 2. The van der Waals surface area contributed by atoms with Gasteiger partial charge in [0.2, 0.25) is 10.0 Å². The van der Waals surface area contributed by atoms with E-state index in [9.17, 15) is 23.1 Å². The summed E-state index contributed by atoms with van der Waals surface area (Å²) < 4.78 is 30.4. The molecule has 3 rings (SSSR count). The number of ether oxygens (including phenoxy) is 1. The Kier molecular flexibility index (Phi) is 6.00. The molecule has 0 saturated heterocycles. The summed E-state index contributed by atoms with van der Waals surface area (Å²) in [6, 6.07) is 17.9. The minimum atomic E-state index is -4.40. The molecule has 0 aliphatic rings. The molecule has 0 aliphatic carbocycles. The minimum Gasteiger partial charge on any atom is -0.488 e. The van der Waals surface area contributed by atoms with Crippen molar-refractivity contribution in [2.45, 2.75) is 18.4 Å². The van der Waals surface area contributed by atoms with Gasteiger partial charge in [-0.15, -0.1) is 0 Å². The third-order valence-corrected chi connectivity index (χ3v) is 5.45. The maximum Gasteiger partial charge on any atom is 0.337 e. The fourth-order valence-electron chi connectivity index (χ4n) is 3.04. The summed E-state index contributed by atoms with van der Waals surface area (Å²) in [7, 11) is -4.40. The van der Waals surface area contributed by atoms with Gasteiger partial charge in [-0.05, 0) is 36.8 Å². The van der Waals surface area contributed by atoms with Gasteiger partial charge < -0.3 is 9.84 Å². The Hall–Kier alpha value is -3.49. The SMILES string of the molecule is CC(=O)c1ccc(OCc2ccccc2)c(-c2cccc(C(=O)O)c2S(N)(=O)=O)c1. The summed E-state index contributed by atoms with van der Waals surface area (Å²) in [5, 5.41) is 14.8. The van der Waals surface area contributed by atoms with Crippen molar-refractivity contribution in [2.75, 3.05) is 0 Å². The zero-order chi connectivity index (χ0) is 21.9. The Bertz CT molecular complexity index is 1220. The first-order valence-corrected chi connectivity index (χ1v) is 10.4. The van der Waals surface area contributed by atoms with E-state index in [0.717, 1.165) is 11.6 Å². The van der Waals surface area contributed by atoms with E-state index in [2.05, 4.69) is 0 Å². The second kappa shape index (κ2) is 8.48. The van der Waals surface area contributed by atoms with Gasteiger partial charge in [0.15, 0.2) is 5.78 Å². The van der Waals surface area contributed by atoms with Gasteiger partial charge >= 0.3 is 5.97 Å². The van der Waals surface area contributed by atoms with Gasteiger partial charge in [0.1, 0.15) is 17.3 Å². The molecule has 0 saturated carbocycles. The maximum absolute atomic E-state index is 12.3. The van der Waals surface area contributed by atoms with Gasteiger partial charge in [-0.3, -0.25) is 4.79 Å². The molecule has 0 radical (unpaired) electrons. The first-order valence-electron chi connectivity index (χ1n) is 8.89. The molecule has 3 aromatic rings. The van der Waals surface area contributed by atoms with Crippen LogP contribution in [-0.2, 0) is 16.6 Å². The molecular weight excluding hydrogens is 406 g/mol. The van der Waals surface area contributed by atoms with Gasteiger partial charge in [-0.25, -0.2) is 18.4 Å². The number of ketones is 1. The second-order valence-electron chi connectivity index (χ2n) is 6.57. The minimum absolute atomic E-state index is 0.0450. The van der Waals surface area contributed by atoms with Crippen LogP contribution in [0.5, 0.6) is 5.75 Å². The van der Waals surface area contributed by atoms with Crippen LogP contribution in [0.1, 0.15) is 33.2 Å². The number of carbonyl (C=O) groups excluding carboxylic acids is 1. The molecule has 30 heavy (non-hydrogen) atoms. The standard InChI is InChI=1S/C22H19NO6S/c1-14(24)16-10-11-20(29-13-15-6-3-2-4-7-15)19(12-16)17-8-5-9-18(22(25)26)21(17)30(23,27)28/h2-12H,13H2,1H3,(H,25,26)(H2,23,27,28). The van der Waals surface area contributed by atoms with Crippen LogP contribution in [0.4, 0.5) is 0 Å². The van der Waals surface area contributed by atoms with Crippen LogP contribution in [0.2, 0.25) is 0 Å². The van der Waals surface area contributed by atoms with Crippen molar-refractivity contribution < 1.29 is 27.9 Å². The first-order chi connectivity index (χ1) is 14.2. The molecule has 8 heteroatoms. The van der Waals surface area contributed by atoms with E-state index in [1.54, 1.807) is 12.1 Å². The van der Waals surface area contributed by atoms with Crippen molar-refractivity contribution in [1.82, 2.24) is 0 Å². The molecule has 0 spiro atoms. The lowest BCUT2D eigenvalue weighted by atomic mass is 9.98. The van der Waals surface area contributed by atoms with E-state index >= 15 is 0 Å². The van der Waals surface area contributed by atoms with Crippen molar-refractivity contribution in [2.24, 2.45) is 5.14 Å². The van der Waals surface area contributed by atoms with Gasteiger partial charge in [0.05, 0.1) is 5.56 Å². The van der Waals surface area contributed by atoms with E-state index in [1.165, 1.54) is 25.1 Å². The van der Waals surface area contributed by atoms with Crippen molar-refractivity contribution >= 4 is 21.8 Å². The van der Waals surface area contributed by atoms with Gasteiger partial charge in [-0.1, -0.05) is 42.5 Å². The van der Waals surface area contributed by atoms with Crippen LogP contribution < -0.4 is 9.88 Å². The third-order valence-electron chi connectivity index (χ3n) is 4.44. The highest BCUT2D eigenvalue weighted by Crippen LogP contribution is 2.37. The number of carboxylic acid groups (broad SMARTS) is 1. The Morgan fingerprint density at radius 3 is 2.27 bits per heavy atom. The lowest BCUT2D eigenvalue weighted by Gasteiger charge is -2.16. The molecule has 0 bridgehead atoms. The van der Waals surface area contributed by atoms with E-state index in [1.807, 2.05) is 30.3 Å². The number of benzene rings is 3. The summed E-state index contributed by atoms with van der Waals surface area (Å²) in [6.07, 6.45) is 0. The number of Topliss-reactive ketones (excluding diaryl/α,β-unsaturated/α-hetero) is 1. The van der Waals surface area contributed by atoms with Crippen LogP contribution in [0, 0.1) is 0 Å². The highest BCUT2D eigenvalue weighted by Gasteiger charge is 2.25. The largest absolute Gasteiger partial charge is 0.488 e. The van der Waals surface area contributed by atoms with Gasteiger partial charge in [-0.2, -0.15) is 0 Å². The normalized spacial score (nSPS) is 11.1. The molecule has 3 N–H and O–H groups in total. The number of rotatable bonds is 7. The number of nitrogens with two attached hydrogens (primary N) is 1. The number of hydrogen-bond acceptors (Lipinski definition) is 5. The predicted octanol–water partition coefficient (Wildman–Crippen LogP) is 3.48. The molecule has 7 nitrogen and oxygen atoms in total. The maximum atomic E-state index is 12.3. The van der Waals surface area contributed by atoms with Crippen LogP contribution in [0.25, 0.3) is 11.1 Å². The molecular formula is C22H19NO6S. The quantitative estimate of drug-likeness (QED) is 0.559. The van der Waals surface area contributed by atoms with Crippen LogP contribution in [-0.4, -0.2) is 25.3 Å². The van der Waals surface area contributed by atoms with E-state index in [-0.39, 0.29) is 29.3 Å². The molecule has 0 fully saturated rings. The molecule has 0 atom stereocenters. The van der Waals surface area contributed by atoms with Gasteiger partial charge in [0.25, 0.3) is 0 Å². The number of hydrogen-bond donors (Lipinski definition) is 2. The summed E-state index contributed by atoms with van der Waals surface area (Å²) in [6.45, 7) is 1.56. The average molecular weight is 425 g/mol.